The van der Waals surface area contributed by atoms with Gasteiger partial charge in [0.1, 0.15) is 0 Å². The molecule has 9 heteroatoms. The maximum Gasteiger partial charge on any atom is 0.256 e. The average molecular weight is 399 g/mol. The quantitative estimate of drug-likeness (QED) is 0.717. The number of H-pyrrole nitrogens is 1. The van der Waals surface area contributed by atoms with Crippen LogP contribution < -0.4 is 10.5 Å². The monoisotopic (exact) mass is 399 g/mol. The van der Waals surface area contributed by atoms with Crippen molar-refractivity contribution in [3.63, 3.8) is 0 Å². The van der Waals surface area contributed by atoms with Crippen molar-refractivity contribution < 1.29 is 9.15 Å². The number of anilines is 1. The average Bonchev–Trinajstić information content (AvgIpc) is 3.41. The molecule has 0 aliphatic carbocycles. The van der Waals surface area contributed by atoms with Crippen molar-refractivity contribution in [1.82, 2.24) is 19.9 Å². The molecule has 3 aromatic rings. The Morgan fingerprint density at radius 3 is 2.96 bits per heavy atom. The zero-order valence-corrected chi connectivity index (χ0v) is 16.2. The molecule has 2 aliphatic heterocycles. The molecule has 5 rings (SSSR count). The third-order valence-corrected chi connectivity index (χ3v) is 6.15. The van der Waals surface area contributed by atoms with Crippen LogP contribution in [-0.4, -0.2) is 52.7 Å². The van der Waals surface area contributed by atoms with Crippen LogP contribution in [0, 0.1) is 0 Å². The summed E-state index contributed by atoms with van der Waals surface area (Å²) in [6, 6.07) is 3.59. The number of rotatable bonds is 4. The first-order chi connectivity index (χ1) is 13.8. The summed E-state index contributed by atoms with van der Waals surface area (Å²) in [5.41, 5.74) is 1.53. The highest BCUT2D eigenvalue weighted by atomic mass is 32.1. The fraction of sp³-hybridized carbons (Fsp3) is 0.421. The Kier molecular flexibility index (Phi) is 4.71. The Bertz CT molecular complexity index is 1010. The molecule has 0 amide bonds. The minimum absolute atomic E-state index is 0.0839. The second-order valence-electron chi connectivity index (χ2n) is 6.99. The summed E-state index contributed by atoms with van der Waals surface area (Å²) in [7, 11) is 0. The molecule has 0 aromatic carbocycles. The number of thiazole rings is 1. The van der Waals surface area contributed by atoms with Gasteiger partial charge in [0.15, 0.2) is 16.7 Å². The lowest BCUT2D eigenvalue weighted by atomic mass is 10.1. The van der Waals surface area contributed by atoms with Crippen LogP contribution >= 0.6 is 11.3 Å². The van der Waals surface area contributed by atoms with E-state index in [2.05, 4.69) is 24.8 Å². The number of nitrogens with zero attached hydrogens (tertiary/aromatic N) is 4. The predicted octanol–water partition coefficient (Wildman–Crippen LogP) is 1.88. The van der Waals surface area contributed by atoms with Gasteiger partial charge >= 0.3 is 0 Å². The van der Waals surface area contributed by atoms with Crippen molar-refractivity contribution in [2.45, 2.75) is 19.5 Å². The molecule has 28 heavy (non-hydrogen) atoms. The topological polar surface area (TPSA) is 87.5 Å². The van der Waals surface area contributed by atoms with E-state index in [1.54, 1.807) is 29.7 Å². The van der Waals surface area contributed by atoms with Gasteiger partial charge in [0.2, 0.25) is 0 Å². The van der Waals surface area contributed by atoms with Crippen LogP contribution in [0.5, 0.6) is 0 Å². The van der Waals surface area contributed by atoms with Gasteiger partial charge in [-0.1, -0.05) is 0 Å². The zero-order valence-electron chi connectivity index (χ0n) is 15.4. The smallest absolute Gasteiger partial charge is 0.256 e. The third kappa shape index (κ3) is 3.48. The first kappa shape index (κ1) is 17.6. The van der Waals surface area contributed by atoms with Gasteiger partial charge in [0.25, 0.3) is 5.56 Å². The standard InChI is InChI=1S/C19H21N5O3S/c25-18-14-12-23(4-3-15(14)21-17(22-18)16-2-1-7-27-16)11-13-10-20-19(28-13)24-5-8-26-9-6-24/h1-2,7,10H,3-6,8-9,11-12H2,(H,21,22,25). The number of nitrogens with one attached hydrogen (secondary N) is 1. The number of hydrogen-bond donors (Lipinski definition) is 1. The molecule has 5 heterocycles. The number of ether oxygens (including phenoxy) is 1. The van der Waals surface area contributed by atoms with Gasteiger partial charge in [-0.3, -0.25) is 9.69 Å². The molecule has 0 saturated carbocycles. The highest BCUT2D eigenvalue weighted by Crippen LogP contribution is 2.26. The van der Waals surface area contributed by atoms with Gasteiger partial charge in [-0.05, 0) is 12.1 Å². The lowest BCUT2D eigenvalue weighted by Crippen LogP contribution is -2.36. The van der Waals surface area contributed by atoms with E-state index in [-0.39, 0.29) is 5.56 Å². The molecule has 0 radical (unpaired) electrons. The lowest BCUT2D eigenvalue weighted by Gasteiger charge is -2.27. The molecular weight excluding hydrogens is 378 g/mol. The minimum atomic E-state index is -0.0839. The van der Waals surface area contributed by atoms with Crippen molar-refractivity contribution in [3.8, 4) is 11.6 Å². The summed E-state index contributed by atoms with van der Waals surface area (Å²) < 4.78 is 10.8. The predicted molar refractivity (Wildman–Crippen MR) is 106 cm³/mol. The number of fused-ring (bicyclic) bond motifs is 1. The molecule has 1 fully saturated rings. The maximum atomic E-state index is 12.6. The van der Waals surface area contributed by atoms with Crippen LogP contribution in [-0.2, 0) is 24.2 Å². The fourth-order valence-electron chi connectivity index (χ4n) is 3.64. The van der Waals surface area contributed by atoms with E-state index in [0.717, 1.165) is 62.2 Å². The first-order valence-electron chi connectivity index (χ1n) is 9.42. The zero-order chi connectivity index (χ0) is 18.9. The lowest BCUT2D eigenvalue weighted by molar-refractivity contribution is 0.122. The molecule has 0 unspecified atom stereocenters. The Labute approximate surface area is 165 Å². The summed E-state index contributed by atoms with van der Waals surface area (Å²) >= 11 is 1.72. The Morgan fingerprint density at radius 1 is 1.25 bits per heavy atom. The number of hydrogen-bond acceptors (Lipinski definition) is 8. The van der Waals surface area contributed by atoms with E-state index in [4.69, 9.17) is 9.15 Å². The van der Waals surface area contributed by atoms with Crippen molar-refractivity contribution >= 4 is 16.5 Å². The van der Waals surface area contributed by atoms with Crippen LogP contribution in [0.2, 0.25) is 0 Å². The van der Waals surface area contributed by atoms with Gasteiger partial charge in [-0.25, -0.2) is 9.97 Å². The molecule has 146 valence electrons. The van der Waals surface area contributed by atoms with Crippen LogP contribution in [0.1, 0.15) is 16.1 Å². The Balaban J connectivity index is 1.30. The van der Waals surface area contributed by atoms with Crippen LogP contribution in [0.25, 0.3) is 11.6 Å². The van der Waals surface area contributed by atoms with E-state index in [9.17, 15) is 4.79 Å². The van der Waals surface area contributed by atoms with Crippen LogP contribution in [0.15, 0.2) is 33.8 Å². The van der Waals surface area contributed by atoms with Gasteiger partial charge in [-0.15, -0.1) is 11.3 Å². The molecule has 1 N–H and O–H groups in total. The van der Waals surface area contributed by atoms with E-state index in [0.29, 0.717) is 18.1 Å². The Hall–Kier alpha value is -2.49. The first-order valence-corrected chi connectivity index (χ1v) is 10.2. The summed E-state index contributed by atoms with van der Waals surface area (Å²) in [6.07, 6.45) is 4.28. The van der Waals surface area contributed by atoms with E-state index in [1.807, 2.05) is 6.20 Å². The molecule has 3 aromatic heterocycles. The fourth-order valence-corrected chi connectivity index (χ4v) is 4.64. The van der Waals surface area contributed by atoms with Gasteiger partial charge in [0.05, 0.1) is 30.7 Å². The summed E-state index contributed by atoms with van der Waals surface area (Å²) in [4.78, 5) is 30.4. The van der Waals surface area contributed by atoms with E-state index >= 15 is 0 Å². The van der Waals surface area contributed by atoms with Gasteiger partial charge < -0.3 is 19.0 Å². The minimum Gasteiger partial charge on any atom is -0.461 e. The molecule has 8 nitrogen and oxygen atoms in total. The molecular formula is C19H21N5O3S. The molecule has 0 atom stereocenters. The molecule has 2 aliphatic rings. The van der Waals surface area contributed by atoms with Gasteiger partial charge in [-0.2, -0.15) is 0 Å². The van der Waals surface area contributed by atoms with Crippen LogP contribution in [0.4, 0.5) is 5.13 Å². The van der Waals surface area contributed by atoms with Crippen molar-refractivity contribution in [2.75, 3.05) is 37.7 Å². The van der Waals surface area contributed by atoms with Crippen molar-refractivity contribution in [2.24, 2.45) is 0 Å². The second kappa shape index (κ2) is 7.50. The number of aromatic nitrogens is 3. The number of aromatic amines is 1. The van der Waals surface area contributed by atoms with Gasteiger partial charge in [0, 0.05) is 50.2 Å². The maximum absolute atomic E-state index is 12.6. The van der Waals surface area contributed by atoms with Crippen LogP contribution in [0.3, 0.4) is 0 Å². The number of furan rings is 1. The Morgan fingerprint density at radius 2 is 2.14 bits per heavy atom. The van der Waals surface area contributed by atoms with Crippen molar-refractivity contribution in [3.05, 3.63) is 51.1 Å². The summed E-state index contributed by atoms with van der Waals surface area (Å²) in [5, 5.41) is 1.05. The normalized spacial score (nSPS) is 17.6. The number of morpholine rings is 1. The second-order valence-corrected chi connectivity index (χ2v) is 8.08. The van der Waals surface area contributed by atoms with Crippen molar-refractivity contribution in [1.29, 1.82) is 0 Å². The largest absolute Gasteiger partial charge is 0.461 e. The summed E-state index contributed by atoms with van der Waals surface area (Å²) in [5.74, 6) is 1.09. The SMILES string of the molecule is O=c1[nH]c(-c2ccco2)nc2c1CN(Cc1cnc(N3CCOCC3)s1)CC2. The third-order valence-electron chi connectivity index (χ3n) is 5.10. The van der Waals surface area contributed by atoms with E-state index in [1.165, 1.54) is 4.88 Å². The summed E-state index contributed by atoms with van der Waals surface area (Å²) in [6.45, 7) is 5.56. The molecule has 0 spiro atoms. The van der Waals surface area contributed by atoms with E-state index < -0.39 is 0 Å². The highest BCUT2D eigenvalue weighted by Gasteiger charge is 2.23. The highest BCUT2D eigenvalue weighted by molar-refractivity contribution is 7.15. The molecule has 0 bridgehead atoms. The molecule has 1 saturated heterocycles.